The lowest BCUT2D eigenvalue weighted by Crippen LogP contribution is -2.56. The van der Waals surface area contributed by atoms with Gasteiger partial charge < -0.3 is 5.11 Å². The lowest BCUT2D eigenvalue weighted by molar-refractivity contribution is -0.147. The van der Waals surface area contributed by atoms with Gasteiger partial charge in [-0.25, -0.2) is 4.39 Å². The number of carboxylic acids is 1. The summed E-state index contributed by atoms with van der Waals surface area (Å²) in [5.41, 5.74) is 3.07. The summed E-state index contributed by atoms with van der Waals surface area (Å²) in [5, 5.41) is 9.98. The van der Waals surface area contributed by atoms with Crippen LogP contribution in [-0.2, 0) is 9.59 Å². The molecule has 4 aliphatic carbocycles. The highest BCUT2D eigenvalue weighted by Crippen LogP contribution is 2.69. The number of halogens is 1. The van der Waals surface area contributed by atoms with E-state index in [1.807, 2.05) is 19.1 Å². The van der Waals surface area contributed by atoms with Crippen molar-refractivity contribution >= 4 is 11.8 Å². The maximum atomic E-state index is 15.3. The maximum Gasteiger partial charge on any atom is 0.312 e. The fourth-order valence-corrected chi connectivity index (χ4v) is 7.32. The van der Waals surface area contributed by atoms with Gasteiger partial charge in [-0.05, 0) is 66.2 Å². The van der Waals surface area contributed by atoms with Crippen LogP contribution in [0.1, 0.15) is 33.1 Å². The summed E-state index contributed by atoms with van der Waals surface area (Å²) < 4.78 is 15.3. The van der Waals surface area contributed by atoms with Crippen molar-refractivity contribution in [3.63, 3.8) is 0 Å². The number of carboxylic acid groups (broad SMARTS) is 1. The van der Waals surface area contributed by atoms with Gasteiger partial charge in [-0.15, -0.1) is 12.3 Å². The van der Waals surface area contributed by atoms with Crippen molar-refractivity contribution in [1.29, 1.82) is 0 Å². The van der Waals surface area contributed by atoms with Gasteiger partial charge in [0.15, 0.2) is 5.78 Å². The topological polar surface area (TPSA) is 54.4 Å². The highest BCUT2D eigenvalue weighted by atomic mass is 19.1. The molecule has 4 rings (SSSR count). The summed E-state index contributed by atoms with van der Waals surface area (Å²) in [7, 11) is 0. The SMILES string of the molecule is C=C=C1CC2C3C[C@H](F)C4=CC(=O)C=CC4(C)C3C(C)CC2(C=C)C1C(=O)O. The highest BCUT2D eigenvalue weighted by molar-refractivity contribution is 6.01. The van der Waals surface area contributed by atoms with Crippen LogP contribution in [0, 0.1) is 40.4 Å². The lowest BCUT2D eigenvalue weighted by Gasteiger charge is -2.59. The van der Waals surface area contributed by atoms with Crippen LogP contribution in [0.15, 0.2) is 54.3 Å². The average molecular weight is 382 g/mol. The van der Waals surface area contributed by atoms with E-state index in [9.17, 15) is 14.7 Å². The van der Waals surface area contributed by atoms with Crippen LogP contribution in [0.25, 0.3) is 0 Å². The van der Waals surface area contributed by atoms with Gasteiger partial charge in [-0.1, -0.05) is 32.6 Å². The van der Waals surface area contributed by atoms with Crippen molar-refractivity contribution in [3.8, 4) is 0 Å². The number of ketones is 1. The van der Waals surface area contributed by atoms with E-state index in [4.69, 9.17) is 0 Å². The first-order chi connectivity index (χ1) is 13.2. The molecular formula is C24H27FO3. The van der Waals surface area contributed by atoms with E-state index in [2.05, 4.69) is 25.8 Å². The molecule has 0 aromatic rings. The standard InChI is InChI=1S/C24H27FO3/c1-5-14-9-17-16-11-19(25)18-10-15(26)7-8-23(18,4)20(16)13(3)12-24(17,6-2)21(14)22(27)28/h6-8,10,13,16-17,19-21H,1-2,9,11-12H2,3-4H3,(H,27,28)/t13?,16?,17?,19-,20?,21?,23?,24?/m0/s1. The normalized spacial score (nSPS) is 46.8. The molecule has 0 saturated heterocycles. The molecule has 0 aromatic heterocycles. The minimum Gasteiger partial charge on any atom is -0.481 e. The Balaban J connectivity index is 1.86. The third kappa shape index (κ3) is 2.27. The van der Waals surface area contributed by atoms with Crippen LogP contribution < -0.4 is 0 Å². The molecule has 4 heteroatoms. The molecule has 0 spiro atoms. The number of rotatable bonds is 2. The van der Waals surface area contributed by atoms with Crippen molar-refractivity contribution in [3.05, 3.63) is 54.3 Å². The average Bonchev–Trinajstić information content (AvgIpc) is 2.98. The first-order valence-electron chi connectivity index (χ1n) is 10.0. The zero-order valence-corrected chi connectivity index (χ0v) is 16.5. The number of allylic oxidation sites excluding steroid dienone is 5. The predicted molar refractivity (Wildman–Crippen MR) is 105 cm³/mol. The second-order valence-corrected chi connectivity index (χ2v) is 9.29. The Morgan fingerprint density at radius 1 is 1.46 bits per heavy atom. The zero-order chi connectivity index (χ0) is 20.4. The van der Waals surface area contributed by atoms with Crippen molar-refractivity contribution in [1.82, 2.24) is 0 Å². The molecule has 0 aliphatic heterocycles. The molecular weight excluding hydrogens is 355 g/mol. The van der Waals surface area contributed by atoms with E-state index in [1.165, 1.54) is 6.08 Å². The molecule has 0 amide bonds. The summed E-state index contributed by atoms with van der Waals surface area (Å²) in [6.45, 7) is 11.9. The second kappa shape index (κ2) is 6.15. The first-order valence-corrected chi connectivity index (χ1v) is 10.0. The summed E-state index contributed by atoms with van der Waals surface area (Å²) in [5.74, 6) is -1.37. The molecule has 0 heterocycles. The smallest absolute Gasteiger partial charge is 0.312 e. The monoisotopic (exact) mass is 382 g/mol. The zero-order valence-electron chi connectivity index (χ0n) is 16.5. The second-order valence-electron chi connectivity index (χ2n) is 9.29. The van der Waals surface area contributed by atoms with E-state index in [-0.39, 0.29) is 29.5 Å². The van der Waals surface area contributed by atoms with Gasteiger partial charge in [0.1, 0.15) is 6.17 Å². The van der Waals surface area contributed by atoms with Gasteiger partial charge in [0.2, 0.25) is 0 Å². The Hall–Kier alpha value is -2.19. The molecule has 0 bridgehead atoms. The molecule has 3 nitrogen and oxygen atoms in total. The lowest BCUT2D eigenvalue weighted by atomic mass is 9.44. The Morgan fingerprint density at radius 3 is 2.79 bits per heavy atom. The van der Waals surface area contributed by atoms with Crippen LogP contribution in [0.2, 0.25) is 0 Å². The summed E-state index contributed by atoms with van der Waals surface area (Å²) in [4.78, 5) is 24.1. The predicted octanol–water partition coefficient (Wildman–Crippen LogP) is 4.68. The van der Waals surface area contributed by atoms with Gasteiger partial charge >= 0.3 is 5.97 Å². The first kappa shape index (κ1) is 19.1. The third-order valence-corrected chi connectivity index (χ3v) is 8.16. The molecule has 7 unspecified atom stereocenters. The molecule has 4 aliphatic rings. The third-order valence-electron chi connectivity index (χ3n) is 8.16. The van der Waals surface area contributed by atoms with E-state index >= 15 is 4.39 Å². The number of hydrogen-bond acceptors (Lipinski definition) is 2. The quantitative estimate of drug-likeness (QED) is 0.557. The van der Waals surface area contributed by atoms with E-state index in [1.54, 1.807) is 6.08 Å². The summed E-state index contributed by atoms with van der Waals surface area (Å²) in [6.07, 6.45) is 7.14. The minimum absolute atomic E-state index is 0.000738. The molecule has 148 valence electrons. The summed E-state index contributed by atoms with van der Waals surface area (Å²) in [6, 6.07) is 0. The fraction of sp³-hybridized carbons (Fsp3) is 0.542. The fourth-order valence-electron chi connectivity index (χ4n) is 7.32. The Bertz CT molecular complexity index is 876. The van der Waals surface area contributed by atoms with Gasteiger partial charge in [-0.3, -0.25) is 9.59 Å². The van der Waals surface area contributed by atoms with Crippen molar-refractivity contribution < 1.29 is 19.1 Å². The van der Waals surface area contributed by atoms with Gasteiger partial charge in [0, 0.05) is 10.8 Å². The molecule has 3 saturated carbocycles. The van der Waals surface area contributed by atoms with Crippen molar-refractivity contribution in [2.75, 3.05) is 0 Å². The minimum atomic E-state index is -1.19. The van der Waals surface area contributed by atoms with E-state index in [0.717, 1.165) is 0 Å². The number of carbonyl (C=O) groups excluding carboxylic acids is 1. The van der Waals surface area contributed by atoms with Crippen LogP contribution in [0.4, 0.5) is 4.39 Å². The molecule has 0 radical (unpaired) electrons. The van der Waals surface area contributed by atoms with Crippen LogP contribution in [0.5, 0.6) is 0 Å². The maximum absolute atomic E-state index is 15.3. The largest absolute Gasteiger partial charge is 0.481 e. The number of carbonyl (C=O) groups is 2. The number of fused-ring (bicyclic) bond motifs is 5. The highest BCUT2D eigenvalue weighted by Gasteiger charge is 2.65. The summed E-state index contributed by atoms with van der Waals surface area (Å²) >= 11 is 0. The molecule has 0 aromatic carbocycles. The van der Waals surface area contributed by atoms with Crippen molar-refractivity contribution in [2.24, 2.45) is 40.4 Å². The molecule has 3 fully saturated rings. The van der Waals surface area contributed by atoms with E-state index < -0.39 is 28.9 Å². The number of hydrogen-bond donors (Lipinski definition) is 1. The van der Waals surface area contributed by atoms with Crippen LogP contribution >= 0.6 is 0 Å². The number of aliphatic carboxylic acids is 1. The Labute approximate surface area is 165 Å². The van der Waals surface area contributed by atoms with Gasteiger partial charge in [0.05, 0.1) is 5.92 Å². The van der Waals surface area contributed by atoms with Crippen LogP contribution in [0.3, 0.4) is 0 Å². The van der Waals surface area contributed by atoms with Crippen LogP contribution in [-0.4, -0.2) is 23.0 Å². The Kier molecular flexibility index (Phi) is 4.21. The molecule has 28 heavy (non-hydrogen) atoms. The Morgan fingerprint density at radius 2 is 2.18 bits per heavy atom. The van der Waals surface area contributed by atoms with E-state index in [0.29, 0.717) is 30.4 Å². The molecule has 8 atom stereocenters. The van der Waals surface area contributed by atoms with Gasteiger partial charge in [0.25, 0.3) is 0 Å². The van der Waals surface area contributed by atoms with Crippen molar-refractivity contribution in [2.45, 2.75) is 39.3 Å². The van der Waals surface area contributed by atoms with Gasteiger partial charge in [-0.2, -0.15) is 0 Å². The number of alkyl halides is 1. The molecule has 1 N–H and O–H groups in total.